The first-order valence-electron chi connectivity index (χ1n) is 6.60. The number of carbonyl (C=O) groups is 2. The molecule has 1 saturated carbocycles. The fourth-order valence-corrected chi connectivity index (χ4v) is 2.52. The zero-order valence-corrected chi connectivity index (χ0v) is 11.8. The summed E-state index contributed by atoms with van der Waals surface area (Å²) >= 11 is 0. The molecule has 1 N–H and O–H groups in total. The van der Waals surface area contributed by atoms with Gasteiger partial charge in [0.2, 0.25) is 0 Å². The molecule has 0 atom stereocenters. The van der Waals surface area contributed by atoms with E-state index in [4.69, 9.17) is 0 Å². The zero-order chi connectivity index (χ0) is 13.9. The van der Waals surface area contributed by atoms with Crippen molar-refractivity contribution in [2.45, 2.75) is 58.0 Å². The molecule has 0 bridgehead atoms. The molecule has 5 nitrogen and oxygen atoms in total. The van der Waals surface area contributed by atoms with Crippen molar-refractivity contribution < 1.29 is 14.7 Å². The Bertz CT molecular complexity index is 322. The highest BCUT2D eigenvalue weighted by molar-refractivity contribution is 5.85. The van der Waals surface area contributed by atoms with E-state index in [2.05, 4.69) is 0 Å². The van der Waals surface area contributed by atoms with Gasteiger partial charge in [0.1, 0.15) is 5.54 Å². The van der Waals surface area contributed by atoms with Crippen LogP contribution in [0.4, 0.5) is 4.79 Å². The summed E-state index contributed by atoms with van der Waals surface area (Å²) in [4.78, 5) is 26.8. The Kier molecular flexibility index (Phi) is 4.59. The summed E-state index contributed by atoms with van der Waals surface area (Å²) < 4.78 is 0. The molecule has 0 aliphatic heterocycles. The van der Waals surface area contributed by atoms with Gasteiger partial charge in [-0.2, -0.15) is 0 Å². The lowest BCUT2D eigenvalue weighted by Crippen LogP contribution is -2.57. The second-order valence-corrected chi connectivity index (χ2v) is 5.44. The van der Waals surface area contributed by atoms with Gasteiger partial charge >= 0.3 is 12.0 Å². The lowest BCUT2D eigenvalue weighted by Gasteiger charge is -2.38. The minimum absolute atomic E-state index is 0.184. The van der Waals surface area contributed by atoms with Crippen LogP contribution in [0.2, 0.25) is 0 Å². The number of hydrogen-bond donors (Lipinski definition) is 1. The van der Waals surface area contributed by atoms with Gasteiger partial charge in [0, 0.05) is 19.6 Å². The fraction of sp³-hybridized carbons (Fsp3) is 0.846. The molecule has 0 spiro atoms. The average molecular weight is 256 g/mol. The summed E-state index contributed by atoms with van der Waals surface area (Å²) in [6, 6.07) is 0.0768. The smallest absolute Gasteiger partial charge is 0.329 e. The summed E-state index contributed by atoms with van der Waals surface area (Å²) in [6.45, 7) is 5.35. The number of hydrogen-bond acceptors (Lipinski definition) is 2. The van der Waals surface area contributed by atoms with Crippen LogP contribution >= 0.6 is 0 Å². The summed E-state index contributed by atoms with van der Waals surface area (Å²) in [5.41, 5.74) is -1.17. The van der Waals surface area contributed by atoms with Gasteiger partial charge in [0.05, 0.1) is 0 Å². The van der Waals surface area contributed by atoms with E-state index in [-0.39, 0.29) is 12.1 Å². The van der Waals surface area contributed by atoms with E-state index in [1.54, 1.807) is 25.8 Å². The molecule has 0 unspecified atom stereocenters. The topological polar surface area (TPSA) is 60.9 Å². The molecule has 5 heteroatoms. The molecule has 0 radical (unpaired) electrons. The van der Waals surface area contributed by atoms with Crippen molar-refractivity contribution in [3.05, 3.63) is 0 Å². The average Bonchev–Trinajstić information content (AvgIpc) is 2.81. The van der Waals surface area contributed by atoms with Crippen LogP contribution in [0.5, 0.6) is 0 Å². The Hall–Kier alpha value is -1.26. The Balaban J connectivity index is 2.81. The molecule has 0 saturated heterocycles. The first-order chi connectivity index (χ1) is 8.32. The van der Waals surface area contributed by atoms with Gasteiger partial charge in [-0.3, -0.25) is 0 Å². The van der Waals surface area contributed by atoms with Crippen molar-refractivity contribution in [1.82, 2.24) is 9.80 Å². The normalized spacial score (nSPS) is 16.7. The van der Waals surface area contributed by atoms with E-state index in [0.717, 1.165) is 25.7 Å². The van der Waals surface area contributed by atoms with Crippen molar-refractivity contribution in [2.24, 2.45) is 0 Å². The van der Waals surface area contributed by atoms with E-state index in [0.29, 0.717) is 6.54 Å². The summed E-state index contributed by atoms with van der Waals surface area (Å²) in [5.74, 6) is -0.975. The maximum atomic E-state index is 12.4. The van der Waals surface area contributed by atoms with Crippen LogP contribution in [-0.4, -0.2) is 52.1 Å². The largest absolute Gasteiger partial charge is 0.480 e. The maximum absolute atomic E-state index is 12.4. The zero-order valence-electron chi connectivity index (χ0n) is 11.8. The fourth-order valence-electron chi connectivity index (χ4n) is 2.52. The molecule has 0 aromatic carbocycles. The van der Waals surface area contributed by atoms with Gasteiger partial charge in [-0.25, -0.2) is 9.59 Å². The number of likely N-dealkylation sites (N-methyl/N-ethyl adjacent to an activating group) is 1. The number of rotatable bonds is 4. The number of amides is 2. The number of carboxylic acids is 1. The van der Waals surface area contributed by atoms with E-state index in [1.807, 2.05) is 6.92 Å². The SMILES string of the molecule is CCN(C(=O)N(C)C1CCCC1)C(C)(C)C(=O)O. The van der Waals surface area contributed by atoms with Gasteiger partial charge in [-0.1, -0.05) is 12.8 Å². The number of urea groups is 1. The van der Waals surface area contributed by atoms with Crippen LogP contribution in [0.25, 0.3) is 0 Å². The molecule has 104 valence electrons. The monoisotopic (exact) mass is 256 g/mol. The highest BCUT2D eigenvalue weighted by atomic mass is 16.4. The van der Waals surface area contributed by atoms with Gasteiger partial charge in [-0.05, 0) is 33.6 Å². The van der Waals surface area contributed by atoms with Crippen molar-refractivity contribution in [3.63, 3.8) is 0 Å². The number of carboxylic acid groups (broad SMARTS) is 1. The van der Waals surface area contributed by atoms with Crippen LogP contribution in [-0.2, 0) is 4.79 Å². The van der Waals surface area contributed by atoms with E-state index >= 15 is 0 Å². The van der Waals surface area contributed by atoms with Crippen LogP contribution in [0.1, 0.15) is 46.5 Å². The molecular formula is C13H24N2O3. The van der Waals surface area contributed by atoms with Crippen molar-refractivity contribution in [3.8, 4) is 0 Å². The molecule has 2 amide bonds. The maximum Gasteiger partial charge on any atom is 0.329 e. The van der Waals surface area contributed by atoms with Gasteiger partial charge in [0.25, 0.3) is 0 Å². The molecule has 0 aromatic heterocycles. The Morgan fingerprint density at radius 2 is 1.78 bits per heavy atom. The molecule has 1 aliphatic carbocycles. The van der Waals surface area contributed by atoms with E-state index < -0.39 is 11.5 Å². The molecule has 18 heavy (non-hydrogen) atoms. The van der Waals surface area contributed by atoms with E-state index in [9.17, 15) is 14.7 Å². The van der Waals surface area contributed by atoms with Gasteiger partial charge in [0.15, 0.2) is 0 Å². The van der Waals surface area contributed by atoms with Gasteiger partial charge < -0.3 is 14.9 Å². The highest BCUT2D eigenvalue weighted by Crippen LogP contribution is 2.25. The van der Waals surface area contributed by atoms with Crippen molar-refractivity contribution in [2.75, 3.05) is 13.6 Å². The first-order valence-corrected chi connectivity index (χ1v) is 6.60. The minimum Gasteiger partial charge on any atom is -0.480 e. The molecule has 1 aliphatic rings. The van der Waals surface area contributed by atoms with Crippen LogP contribution in [0.3, 0.4) is 0 Å². The predicted molar refractivity (Wildman–Crippen MR) is 69.5 cm³/mol. The third-order valence-corrected chi connectivity index (χ3v) is 3.92. The molecule has 1 fully saturated rings. The van der Waals surface area contributed by atoms with Gasteiger partial charge in [-0.15, -0.1) is 0 Å². The standard InChI is InChI=1S/C13H24N2O3/c1-5-15(13(2,3)11(16)17)12(18)14(4)10-8-6-7-9-10/h10H,5-9H2,1-4H3,(H,16,17). The first kappa shape index (κ1) is 14.8. The molecule has 1 rings (SSSR count). The number of aliphatic carboxylic acids is 1. The Morgan fingerprint density at radius 1 is 1.28 bits per heavy atom. The van der Waals surface area contributed by atoms with Crippen molar-refractivity contribution >= 4 is 12.0 Å². The molecule has 0 heterocycles. The minimum atomic E-state index is -1.17. The second-order valence-electron chi connectivity index (χ2n) is 5.44. The third-order valence-electron chi connectivity index (χ3n) is 3.92. The third kappa shape index (κ3) is 2.76. The molecular weight excluding hydrogens is 232 g/mol. The lowest BCUT2D eigenvalue weighted by atomic mass is 10.0. The summed E-state index contributed by atoms with van der Waals surface area (Å²) in [6.07, 6.45) is 4.34. The quantitative estimate of drug-likeness (QED) is 0.838. The summed E-state index contributed by atoms with van der Waals surface area (Å²) in [7, 11) is 1.78. The van der Waals surface area contributed by atoms with Crippen molar-refractivity contribution in [1.29, 1.82) is 0 Å². The lowest BCUT2D eigenvalue weighted by molar-refractivity contribution is -0.147. The predicted octanol–water partition coefficient (Wildman–Crippen LogP) is 2.17. The van der Waals surface area contributed by atoms with Crippen LogP contribution in [0, 0.1) is 0 Å². The Morgan fingerprint density at radius 3 is 2.17 bits per heavy atom. The summed E-state index contributed by atoms with van der Waals surface area (Å²) in [5, 5.41) is 9.23. The number of carbonyl (C=O) groups excluding carboxylic acids is 1. The van der Waals surface area contributed by atoms with Crippen LogP contribution < -0.4 is 0 Å². The van der Waals surface area contributed by atoms with E-state index in [1.165, 1.54) is 4.90 Å². The molecule has 0 aromatic rings. The van der Waals surface area contributed by atoms with Crippen LogP contribution in [0.15, 0.2) is 0 Å². The number of nitrogens with zero attached hydrogens (tertiary/aromatic N) is 2. The Labute approximate surface area is 109 Å². The second kappa shape index (κ2) is 5.59. The highest BCUT2D eigenvalue weighted by Gasteiger charge is 2.39.